The summed E-state index contributed by atoms with van der Waals surface area (Å²) in [5, 5.41) is 3.95. The largest absolute Gasteiger partial charge is 0.417 e. The van der Waals surface area contributed by atoms with Gasteiger partial charge in [-0.3, -0.25) is 0 Å². The van der Waals surface area contributed by atoms with E-state index in [1.54, 1.807) is 6.07 Å². The zero-order valence-corrected chi connectivity index (χ0v) is 13.6. The highest BCUT2D eigenvalue weighted by Gasteiger charge is 2.34. The van der Waals surface area contributed by atoms with Crippen LogP contribution in [-0.4, -0.2) is 20.4 Å². The fourth-order valence-corrected chi connectivity index (χ4v) is 3.64. The fourth-order valence-electron chi connectivity index (χ4n) is 2.04. The number of rotatable bonds is 3. The van der Waals surface area contributed by atoms with Crippen molar-refractivity contribution in [2.24, 2.45) is 0 Å². The summed E-state index contributed by atoms with van der Waals surface area (Å²) in [6, 6.07) is 4.29. The van der Waals surface area contributed by atoms with E-state index in [0.29, 0.717) is 20.1 Å². The average Bonchev–Trinajstić information content (AvgIpc) is 2.95. The number of aromatic nitrogens is 3. The molecular formula is C13H9ClF3N3S2. The third-order valence-electron chi connectivity index (χ3n) is 2.90. The van der Waals surface area contributed by atoms with Crippen LogP contribution in [0.3, 0.4) is 0 Å². The van der Waals surface area contributed by atoms with E-state index in [2.05, 4.69) is 10.1 Å². The lowest BCUT2D eigenvalue weighted by Gasteiger charge is -2.13. The van der Waals surface area contributed by atoms with E-state index in [4.69, 9.17) is 11.6 Å². The first kappa shape index (κ1) is 15.6. The Hall–Kier alpha value is -1.25. The van der Waals surface area contributed by atoms with Gasteiger partial charge >= 0.3 is 6.18 Å². The predicted molar refractivity (Wildman–Crippen MR) is 82.7 cm³/mol. The topological polar surface area (TPSA) is 30.2 Å². The van der Waals surface area contributed by atoms with Crippen LogP contribution in [0.25, 0.3) is 16.2 Å². The van der Waals surface area contributed by atoms with Crippen molar-refractivity contribution in [1.29, 1.82) is 0 Å². The number of thioether (sulfide) groups is 1. The quantitative estimate of drug-likeness (QED) is 0.596. The second-order valence-electron chi connectivity index (χ2n) is 4.35. The molecule has 3 nitrogen and oxygen atoms in total. The van der Waals surface area contributed by atoms with Crippen molar-refractivity contribution in [2.75, 3.05) is 5.75 Å². The minimum Gasteiger partial charge on any atom is -0.217 e. The van der Waals surface area contributed by atoms with Crippen molar-refractivity contribution in [3.05, 3.63) is 34.4 Å². The van der Waals surface area contributed by atoms with Gasteiger partial charge in [0.2, 0.25) is 9.43 Å². The van der Waals surface area contributed by atoms with E-state index in [9.17, 15) is 13.2 Å². The molecule has 0 spiro atoms. The first-order chi connectivity index (χ1) is 10.4. The van der Waals surface area contributed by atoms with E-state index < -0.39 is 11.7 Å². The van der Waals surface area contributed by atoms with Crippen LogP contribution in [0.4, 0.5) is 13.2 Å². The second kappa shape index (κ2) is 5.75. The standard InChI is InChI=1S/C13H9ClF3N3S2/c1-2-21-7-3-4-8(9(5-7)13(15,16)17)10-6-20-12(18-10)22-11(14)19-20/h3-6H,2H2,1H3. The van der Waals surface area contributed by atoms with Crippen LogP contribution in [0.15, 0.2) is 29.3 Å². The molecule has 2 aromatic heterocycles. The van der Waals surface area contributed by atoms with E-state index in [1.165, 1.54) is 28.5 Å². The predicted octanol–water partition coefficient (Wildman–Crippen LogP) is 5.24. The molecular weight excluding hydrogens is 355 g/mol. The number of hydrogen-bond donors (Lipinski definition) is 0. The summed E-state index contributed by atoms with van der Waals surface area (Å²) in [7, 11) is 0. The summed E-state index contributed by atoms with van der Waals surface area (Å²) in [6.07, 6.45) is -2.99. The zero-order valence-electron chi connectivity index (χ0n) is 11.2. The molecule has 0 unspecified atom stereocenters. The Balaban J connectivity index is 2.13. The number of alkyl halides is 3. The number of halogens is 4. The van der Waals surface area contributed by atoms with Crippen LogP contribution in [0.1, 0.15) is 12.5 Å². The molecule has 0 aliphatic rings. The third-order valence-corrected chi connectivity index (χ3v) is 4.80. The maximum absolute atomic E-state index is 13.3. The summed E-state index contributed by atoms with van der Waals surface area (Å²) < 4.78 is 41.6. The molecule has 3 aromatic rings. The van der Waals surface area contributed by atoms with Gasteiger partial charge in [0.05, 0.1) is 17.5 Å². The Morgan fingerprint density at radius 2 is 2.14 bits per heavy atom. The Bertz CT molecular complexity index is 794. The molecule has 116 valence electrons. The monoisotopic (exact) mass is 363 g/mol. The van der Waals surface area contributed by atoms with Gasteiger partial charge in [0.15, 0.2) is 0 Å². The first-order valence-electron chi connectivity index (χ1n) is 6.24. The van der Waals surface area contributed by atoms with E-state index in [0.717, 1.165) is 17.4 Å². The van der Waals surface area contributed by atoms with Gasteiger partial charge in [-0.05, 0) is 29.5 Å². The van der Waals surface area contributed by atoms with Crippen LogP contribution >= 0.6 is 34.7 Å². The molecule has 0 N–H and O–H groups in total. The number of hydrogen-bond acceptors (Lipinski definition) is 4. The average molecular weight is 364 g/mol. The molecule has 0 amide bonds. The highest BCUT2D eigenvalue weighted by Crippen LogP contribution is 2.39. The lowest BCUT2D eigenvalue weighted by Crippen LogP contribution is -2.07. The van der Waals surface area contributed by atoms with E-state index in [1.807, 2.05) is 6.92 Å². The van der Waals surface area contributed by atoms with E-state index in [-0.39, 0.29) is 11.3 Å². The van der Waals surface area contributed by atoms with Gasteiger partial charge < -0.3 is 0 Å². The molecule has 0 saturated carbocycles. The highest BCUT2D eigenvalue weighted by molar-refractivity contribution is 7.99. The van der Waals surface area contributed by atoms with Crippen molar-refractivity contribution in [3.63, 3.8) is 0 Å². The minimum absolute atomic E-state index is 0.0433. The molecule has 0 aliphatic heterocycles. The normalized spacial score (nSPS) is 12.2. The van der Waals surface area contributed by atoms with Crippen molar-refractivity contribution < 1.29 is 13.2 Å². The molecule has 1 aromatic carbocycles. The summed E-state index contributed by atoms with van der Waals surface area (Å²) in [5.74, 6) is 0.708. The minimum atomic E-state index is -4.44. The summed E-state index contributed by atoms with van der Waals surface area (Å²) in [4.78, 5) is 5.22. The van der Waals surface area contributed by atoms with Crippen LogP contribution in [0, 0.1) is 0 Å². The number of fused-ring (bicyclic) bond motifs is 1. The van der Waals surface area contributed by atoms with Gasteiger partial charge in [-0.15, -0.1) is 16.9 Å². The van der Waals surface area contributed by atoms with E-state index >= 15 is 0 Å². The number of imidazole rings is 1. The SMILES string of the molecule is CCSc1ccc(-c2cn3nc(Cl)sc3n2)c(C(F)(F)F)c1. The van der Waals surface area contributed by atoms with Crippen molar-refractivity contribution >= 4 is 39.7 Å². The Labute approximate surface area is 137 Å². The van der Waals surface area contributed by atoms with Gasteiger partial charge in [-0.25, -0.2) is 9.50 Å². The summed E-state index contributed by atoms with van der Waals surface area (Å²) in [6.45, 7) is 1.89. The molecule has 0 aliphatic carbocycles. The Morgan fingerprint density at radius 1 is 1.36 bits per heavy atom. The van der Waals surface area contributed by atoms with Gasteiger partial charge in [-0.2, -0.15) is 13.2 Å². The van der Waals surface area contributed by atoms with Crippen molar-refractivity contribution in [3.8, 4) is 11.3 Å². The Kier molecular flexibility index (Phi) is 4.09. The van der Waals surface area contributed by atoms with Gasteiger partial charge in [-0.1, -0.05) is 24.3 Å². The number of nitrogens with zero attached hydrogens (tertiary/aromatic N) is 3. The molecule has 0 bridgehead atoms. The summed E-state index contributed by atoms with van der Waals surface area (Å²) in [5.41, 5.74) is -0.416. The molecule has 9 heteroatoms. The maximum atomic E-state index is 13.3. The Morgan fingerprint density at radius 3 is 2.77 bits per heavy atom. The van der Waals surface area contributed by atoms with Gasteiger partial charge in [0, 0.05) is 10.5 Å². The molecule has 0 radical (unpaired) electrons. The van der Waals surface area contributed by atoms with Gasteiger partial charge in [0.1, 0.15) is 0 Å². The third kappa shape index (κ3) is 2.95. The lowest BCUT2D eigenvalue weighted by atomic mass is 10.0. The molecule has 0 saturated heterocycles. The van der Waals surface area contributed by atoms with Crippen molar-refractivity contribution in [2.45, 2.75) is 18.0 Å². The second-order valence-corrected chi connectivity index (χ2v) is 7.22. The highest BCUT2D eigenvalue weighted by atomic mass is 35.5. The smallest absolute Gasteiger partial charge is 0.217 e. The summed E-state index contributed by atoms with van der Waals surface area (Å²) >= 11 is 8.22. The first-order valence-corrected chi connectivity index (χ1v) is 8.42. The molecule has 22 heavy (non-hydrogen) atoms. The molecule has 2 heterocycles. The van der Waals surface area contributed by atoms with Crippen molar-refractivity contribution in [1.82, 2.24) is 14.6 Å². The van der Waals surface area contributed by atoms with Gasteiger partial charge in [0.25, 0.3) is 0 Å². The molecule has 3 rings (SSSR count). The molecule has 0 atom stereocenters. The van der Waals surface area contributed by atoms with Crippen LogP contribution in [0.5, 0.6) is 0 Å². The van der Waals surface area contributed by atoms with Crippen LogP contribution in [-0.2, 0) is 6.18 Å². The number of benzene rings is 1. The zero-order chi connectivity index (χ0) is 15.9. The maximum Gasteiger partial charge on any atom is 0.417 e. The molecule has 0 fully saturated rings. The van der Waals surface area contributed by atoms with Crippen LogP contribution < -0.4 is 0 Å². The fraction of sp³-hybridized carbons (Fsp3) is 0.231. The van der Waals surface area contributed by atoms with Crippen LogP contribution in [0.2, 0.25) is 4.47 Å². The lowest BCUT2D eigenvalue weighted by molar-refractivity contribution is -0.137.